The van der Waals surface area contributed by atoms with E-state index in [4.69, 9.17) is 9.68 Å². The van der Waals surface area contributed by atoms with E-state index in [-0.39, 0.29) is 0 Å². The second-order valence-electron chi connectivity index (χ2n) is 5.41. The zero-order chi connectivity index (χ0) is 14.5. The Balaban J connectivity index is 1.53. The Morgan fingerprint density at radius 2 is 1.86 bits per heavy atom. The van der Waals surface area contributed by atoms with Crippen molar-refractivity contribution in [3.63, 3.8) is 0 Å². The molecular formula is C17H19N3O. The smallest absolute Gasteiger partial charge is 0.203 e. The molecule has 1 N–H and O–H groups in total. The van der Waals surface area contributed by atoms with E-state index in [2.05, 4.69) is 34.5 Å². The van der Waals surface area contributed by atoms with Gasteiger partial charge in [-0.05, 0) is 55.8 Å². The number of anilines is 1. The zero-order valence-electron chi connectivity index (χ0n) is 12.0. The molecule has 0 bridgehead atoms. The second-order valence-corrected chi connectivity index (χ2v) is 5.41. The molecule has 21 heavy (non-hydrogen) atoms. The molecule has 4 nitrogen and oxygen atoms in total. The Hall–Kier alpha value is -2.25. The van der Waals surface area contributed by atoms with Crippen LogP contribution in [0.2, 0.25) is 0 Å². The molecule has 0 aliphatic carbocycles. The Labute approximate surface area is 125 Å². The lowest BCUT2D eigenvalue weighted by Crippen LogP contribution is -2.18. The Bertz CT molecular complexity index is 618. The maximum absolute atomic E-state index is 8.72. The van der Waals surface area contributed by atoms with Crippen molar-refractivity contribution in [3.05, 3.63) is 53.5 Å². The van der Waals surface area contributed by atoms with Crippen molar-refractivity contribution < 1.29 is 4.42 Å². The molecule has 0 unspecified atom stereocenters. The van der Waals surface area contributed by atoms with Crippen LogP contribution in [-0.4, -0.2) is 18.0 Å². The quantitative estimate of drug-likeness (QED) is 0.913. The fourth-order valence-corrected chi connectivity index (χ4v) is 2.65. The van der Waals surface area contributed by atoms with Crippen molar-refractivity contribution in [2.45, 2.75) is 25.9 Å². The molecule has 2 aromatic rings. The molecule has 1 aliphatic rings. The van der Waals surface area contributed by atoms with Crippen LogP contribution in [0, 0.1) is 11.3 Å². The summed E-state index contributed by atoms with van der Waals surface area (Å²) in [6.07, 6.45) is 2.65. The molecule has 0 saturated carbocycles. The maximum atomic E-state index is 8.72. The lowest BCUT2D eigenvalue weighted by Gasteiger charge is -2.14. The Morgan fingerprint density at radius 3 is 2.52 bits per heavy atom. The first-order valence-electron chi connectivity index (χ1n) is 7.37. The third-order valence-electron chi connectivity index (χ3n) is 3.80. The molecule has 1 saturated heterocycles. The van der Waals surface area contributed by atoms with E-state index in [0.717, 1.165) is 18.0 Å². The van der Waals surface area contributed by atoms with E-state index in [9.17, 15) is 0 Å². The number of benzene rings is 1. The number of hydrogen-bond donors (Lipinski definition) is 1. The highest BCUT2D eigenvalue weighted by atomic mass is 16.3. The van der Waals surface area contributed by atoms with Crippen molar-refractivity contribution in [3.8, 4) is 6.07 Å². The van der Waals surface area contributed by atoms with Gasteiger partial charge in [0, 0.05) is 12.2 Å². The molecular weight excluding hydrogens is 262 g/mol. The van der Waals surface area contributed by atoms with Gasteiger partial charge in [-0.25, -0.2) is 0 Å². The van der Waals surface area contributed by atoms with Crippen LogP contribution in [0.4, 0.5) is 5.69 Å². The van der Waals surface area contributed by atoms with E-state index in [1.165, 1.54) is 31.5 Å². The van der Waals surface area contributed by atoms with E-state index in [0.29, 0.717) is 12.3 Å². The molecule has 1 fully saturated rings. The molecule has 1 aromatic heterocycles. The average molecular weight is 281 g/mol. The number of nitrogens with zero attached hydrogens (tertiary/aromatic N) is 2. The first kappa shape index (κ1) is 13.7. The highest BCUT2D eigenvalue weighted by Crippen LogP contribution is 2.16. The van der Waals surface area contributed by atoms with Crippen molar-refractivity contribution in [1.29, 1.82) is 5.26 Å². The molecule has 0 radical (unpaired) electrons. The first-order valence-corrected chi connectivity index (χ1v) is 7.37. The monoisotopic (exact) mass is 281 g/mol. The molecule has 1 aromatic carbocycles. The van der Waals surface area contributed by atoms with Gasteiger partial charge < -0.3 is 9.73 Å². The van der Waals surface area contributed by atoms with Gasteiger partial charge in [0.2, 0.25) is 5.76 Å². The van der Waals surface area contributed by atoms with Crippen molar-refractivity contribution in [2.24, 2.45) is 0 Å². The summed E-state index contributed by atoms with van der Waals surface area (Å²) < 4.78 is 5.34. The van der Waals surface area contributed by atoms with E-state index < -0.39 is 0 Å². The number of rotatable bonds is 5. The van der Waals surface area contributed by atoms with Crippen molar-refractivity contribution >= 4 is 5.69 Å². The fourth-order valence-electron chi connectivity index (χ4n) is 2.65. The summed E-state index contributed by atoms with van der Waals surface area (Å²) >= 11 is 0. The van der Waals surface area contributed by atoms with Gasteiger partial charge >= 0.3 is 0 Å². The van der Waals surface area contributed by atoms with E-state index >= 15 is 0 Å². The van der Waals surface area contributed by atoms with Gasteiger partial charge in [0.15, 0.2) is 0 Å². The number of hydrogen-bond acceptors (Lipinski definition) is 4. The first-order chi connectivity index (χ1) is 10.3. The average Bonchev–Trinajstić information content (AvgIpc) is 3.18. The molecule has 4 heteroatoms. The van der Waals surface area contributed by atoms with Crippen LogP contribution in [0.5, 0.6) is 0 Å². The summed E-state index contributed by atoms with van der Waals surface area (Å²) in [6, 6.07) is 14.0. The summed E-state index contributed by atoms with van der Waals surface area (Å²) in [5.41, 5.74) is 2.42. The third kappa shape index (κ3) is 3.65. The molecule has 0 amide bonds. The fraction of sp³-hybridized carbons (Fsp3) is 0.353. The molecule has 0 atom stereocenters. The van der Waals surface area contributed by atoms with Crippen LogP contribution >= 0.6 is 0 Å². The van der Waals surface area contributed by atoms with Crippen molar-refractivity contribution in [1.82, 2.24) is 4.90 Å². The van der Waals surface area contributed by atoms with Gasteiger partial charge in [-0.15, -0.1) is 0 Å². The minimum atomic E-state index is 0.354. The number of likely N-dealkylation sites (tertiary alicyclic amines) is 1. The summed E-state index contributed by atoms with van der Waals surface area (Å²) in [5, 5.41) is 12.0. The van der Waals surface area contributed by atoms with Crippen LogP contribution in [0.15, 0.2) is 40.8 Å². The maximum Gasteiger partial charge on any atom is 0.203 e. The standard InChI is InChI=1S/C17H19N3O/c18-11-16-7-8-17(21-16)12-19-15-5-3-14(4-6-15)13-20-9-1-2-10-20/h3-8,19H,1-2,9-10,12-13H2. The molecule has 0 spiro atoms. The summed E-state index contributed by atoms with van der Waals surface area (Å²) in [7, 11) is 0. The summed E-state index contributed by atoms with van der Waals surface area (Å²) in [4.78, 5) is 2.49. The highest BCUT2D eigenvalue weighted by Gasteiger charge is 2.11. The van der Waals surface area contributed by atoms with Crippen LogP contribution in [0.3, 0.4) is 0 Å². The van der Waals surface area contributed by atoms with E-state index in [1.807, 2.05) is 12.1 Å². The van der Waals surface area contributed by atoms with E-state index in [1.54, 1.807) is 6.07 Å². The van der Waals surface area contributed by atoms with Gasteiger partial charge in [0.1, 0.15) is 11.8 Å². The number of nitriles is 1. The van der Waals surface area contributed by atoms with Gasteiger partial charge in [-0.1, -0.05) is 12.1 Å². The minimum absolute atomic E-state index is 0.354. The van der Waals surface area contributed by atoms with Gasteiger partial charge in [0.05, 0.1) is 6.54 Å². The second kappa shape index (κ2) is 6.47. The SMILES string of the molecule is N#Cc1ccc(CNc2ccc(CN3CCCC3)cc2)o1. The largest absolute Gasteiger partial charge is 0.449 e. The third-order valence-corrected chi connectivity index (χ3v) is 3.80. The lowest BCUT2D eigenvalue weighted by molar-refractivity contribution is 0.331. The molecule has 3 rings (SSSR count). The lowest BCUT2D eigenvalue weighted by atomic mass is 10.2. The highest BCUT2D eigenvalue weighted by molar-refractivity contribution is 5.44. The van der Waals surface area contributed by atoms with Crippen LogP contribution < -0.4 is 5.32 Å². The summed E-state index contributed by atoms with van der Waals surface area (Å²) in [6.45, 7) is 4.08. The minimum Gasteiger partial charge on any atom is -0.449 e. The van der Waals surface area contributed by atoms with Crippen LogP contribution in [-0.2, 0) is 13.1 Å². The molecule has 108 valence electrons. The van der Waals surface area contributed by atoms with Crippen molar-refractivity contribution in [2.75, 3.05) is 18.4 Å². The zero-order valence-corrected chi connectivity index (χ0v) is 12.0. The van der Waals surface area contributed by atoms with Gasteiger partial charge in [-0.2, -0.15) is 5.26 Å². The van der Waals surface area contributed by atoms with Crippen LogP contribution in [0.1, 0.15) is 29.9 Å². The van der Waals surface area contributed by atoms with Gasteiger partial charge in [0.25, 0.3) is 0 Å². The number of furan rings is 1. The predicted octanol–water partition coefficient (Wildman–Crippen LogP) is 3.36. The topological polar surface area (TPSA) is 52.2 Å². The Morgan fingerprint density at radius 1 is 1.10 bits per heavy atom. The Kier molecular flexibility index (Phi) is 4.23. The summed E-state index contributed by atoms with van der Waals surface area (Å²) in [5.74, 6) is 1.13. The van der Waals surface area contributed by atoms with Crippen LogP contribution in [0.25, 0.3) is 0 Å². The molecule has 1 aliphatic heterocycles. The molecule has 2 heterocycles. The predicted molar refractivity (Wildman–Crippen MR) is 81.7 cm³/mol. The number of nitrogens with one attached hydrogen (secondary N) is 1. The van der Waals surface area contributed by atoms with Gasteiger partial charge in [-0.3, -0.25) is 4.90 Å². The normalized spacial score (nSPS) is 15.0.